The van der Waals surface area contributed by atoms with Crippen LogP contribution in [0.25, 0.3) is 0 Å². The fourth-order valence-corrected chi connectivity index (χ4v) is 2.69. The first-order chi connectivity index (χ1) is 11.6. The molecule has 0 saturated heterocycles. The van der Waals surface area contributed by atoms with Crippen LogP contribution in [0.1, 0.15) is 25.0 Å². The molecule has 0 aliphatic carbocycles. The average molecular weight is 356 g/mol. The van der Waals surface area contributed by atoms with Crippen molar-refractivity contribution in [2.45, 2.75) is 33.9 Å². The van der Waals surface area contributed by atoms with E-state index in [1.807, 2.05) is 27.1 Å². The Morgan fingerprint density at radius 1 is 1.28 bits per heavy atom. The summed E-state index contributed by atoms with van der Waals surface area (Å²) in [6.07, 6.45) is 0. The molecule has 1 rings (SSSR count). The number of nitrogens with zero attached hydrogens (tertiary/aromatic N) is 2. The van der Waals surface area contributed by atoms with Gasteiger partial charge in [0.15, 0.2) is 5.96 Å². The van der Waals surface area contributed by atoms with Crippen LogP contribution in [0.2, 0.25) is 0 Å². The molecule has 7 heteroatoms. The number of aryl methyl sites for hydroxylation is 1. The third-order valence-corrected chi connectivity index (χ3v) is 3.58. The largest absolute Gasteiger partial charge is 0.434 e. The first-order valence-corrected chi connectivity index (χ1v) is 8.26. The van der Waals surface area contributed by atoms with Gasteiger partial charge < -0.3 is 20.3 Å². The summed E-state index contributed by atoms with van der Waals surface area (Å²) in [6.45, 7) is 5.42. The fraction of sp³-hybridized carbons (Fsp3) is 0.611. The highest BCUT2D eigenvalue weighted by Gasteiger charge is 2.19. The van der Waals surface area contributed by atoms with E-state index in [0.29, 0.717) is 18.1 Å². The van der Waals surface area contributed by atoms with Crippen molar-refractivity contribution in [3.05, 3.63) is 29.3 Å². The lowest BCUT2D eigenvalue weighted by Gasteiger charge is -2.29. The smallest absolute Gasteiger partial charge is 0.387 e. The number of halogens is 2. The van der Waals surface area contributed by atoms with E-state index in [1.165, 1.54) is 0 Å². The van der Waals surface area contributed by atoms with Crippen molar-refractivity contribution < 1.29 is 13.5 Å². The van der Waals surface area contributed by atoms with Crippen LogP contribution in [-0.2, 0) is 6.54 Å². The lowest BCUT2D eigenvalue weighted by molar-refractivity contribution is -0.0504. The molecule has 0 atom stereocenters. The second-order valence-corrected chi connectivity index (χ2v) is 7.17. The van der Waals surface area contributed by atoms with Crippen molar-refractivity contribution in [3.63, 3.8) is 0 Å². The first-order valence-electron chi connectivity index (χ1n) is 8.26. The Hall–Kier alpha value is -1.89. The van der Waals surface area contributed by atoms with E-state index in [1.54, 1.807) is 19.2 Å². The Balaban J connectivity index is 2.67. The molecule has 0 spiro atoms. The van der Waals surface area contributed by atoms with Crippen molar-refractivity contribution in [3.8, 4) is 5.75 Å². The second kappa shape index (κ2) is 9.56. The summed E-state index contributed by atoms with van der Waals surface area (Å²) in [5.74, 6) is 0.799. The van der Waals surface area contributed by atoms with Crippen LogP contribution in [0.4, 0.5) is 8.78 Å². The van der Waals surface area contributed by atoms with Crippen LogP contribution in [-0.4, -0.2) is 51.7 Å². The van der Waals surface area contributed by atoms with Gasteiger partial charge in [-0.1, -0.05) is 31.5 Å². The van der Waals surface area contributed by atoms with E-state index in [2.05, 4.69) is 39.1 Å². The Kier molecular flexibility index (Phi) is 8.09. The van der Waals surface area contributed by atoms with E-state index in [-0.39, 0.29) is 11.2 Å². The SMILES string of the molecule is CN=C(NCc1cc(C)ccc1OC(F)F)NCC(C)(C)CN(C)C. The van der Waals surface area contributed by atoms with E-state index in [4.69, 9.17) is 0 Å². The number of aliphatic imine (C=N–C) groups is 1. The van der Waals surface area contributed by atoms with Gasteiger partial charge in [-0.15, -0.1) is 0 Å². The number of benzene rings is 1. The molecule has 0 fully saturated rings. The van der Waals surface area contributed by atoms with Gasteiger partial charge in [0.2, 0.25) is 0 Å². The number of ether oxygens (including phenoxy) is 1. The summed E-state index contributed by atoms with van der Waals surface area (Å²) >= 11 is 0. The normalized spacial score (nSPS) is 12.6. The van der Waals surface area contributed by atoms with Crippen LogP contribution in [0, 0.1) is 12.3 Å². The monoisotopic (exact) mass is 356 g/mol. The number of rotatable bonds is 8. The highest BCUT2D eigenvalue weighted by molar-refractivity contribution is 5.79. The Morgan fingerprint density at radius 2 is 1.96 bits per heavy atom. The second-order valence-electron chi connectivity index (χ2n) is 7.17. The van der Waals surface area contributed by atoms with Gasteiger partial charge in [0, 0.05) is 32.2 Å². The standard InChI is InChI=1S/C18H30F2N4O/c1-13-7-8-15(25-16(19)20)14(9-13)10-22-17(21-4)23-11-18(2,3)12-24(5)6/h7-9,16H,10-12H2,1-6H3,(H2,21,22,23). The van der Waals surface area contributed by atoms with Gasteiger partial charge in [-0.2, -0.15) is 8.78 Å². The fourth-order valence-electron chi connectivity index (χ4n) is 2.69. The van der Waals surface area contributed by atoms with Gasteiger partial charge in [-0.25, -0.2) is 0 Å². The third kappa shape index (κ3) is 8.16. The molecule has 1 aromatic rings. The first kappa shape index (κ1) is 21.2. The Bertz CT molecular complexity index is 574. The van der Waals surface area contributed by atoms with Gasteiger partial charge in [0.25, 0.3) is 0 Å². The summed E-state index contributed by atoms with van der Waals surface area (Å²) in [6, 6.07) is 5.14. The molecule has 0 bridgehead atoms. The summed E-state index contributed by atoms with van der Waals surface area (Å²) in [5, 5.41) is 6.44. The molecule has 1 aromatic carbocycles. The van der Waals surface area contributed by atoms with E-state index in [9.17, 15) is 8.78 Å². The minimum absolute atomic E-state index is 0.0639. The van der Waals surface area contributed by atoms with Gasteiger partial charge in [0.1, 0.15) is 5.75 Å². The van der Waals surface area contributed by atoms with Crippen LogP contribution in [0.3, 0.4) is 0 Å². The van der Waals surface area contributed by atoms with E-state index in [0.717, 1.165) is 18.7 Å². The molecular formula is C18H30F2N4O. The molecule has 0 saturated carbocycles. The molecule has 142 valence electrons. The quantitative estimate of drug-likeness (QED) is 0.555. The van der Waals surface area contributed by atoms with Crippen molar-refractivity contribution in [1.29, 1.82) is 0 Å². The maximum atomic E-state index is 12.5. The van der Waals surface area contributed by atoms with E-state index < -0.39 is 6.61 Å². The zero-order valence-electron chi connectivity index (χ0n) is 16.0. The number of hydrogen-bond acceptors (Lipinski definition) is 3. The van der Waals surface area contributed by atoms with Crippen LogP contribution in [0.15, 0.2) is 23.2 Å². The predicted octanol–water partition coefficient (Wildman–Crippen LogP) is 2.85. The maximum Gasteiger partial charge on any atom is 0.387 e. The van der Waals surface area contributed by atoms with Crippen LogP contribution < -0.4 is 15.4 Å². The molecule has 0 radical (unpaired) electrons. The molecule has 0 unspecified atom stereocenters. The molecule has 5 nitrogen and oxygen atoms in total. The zero-order valence-corrected chi connectivity index (χ0v) is 16.0. The van der Waals surface area contributed by atoms with Gasteiger partial charge in [-0.05, 0) is 32.5 Å². The van der Waals surface area contributed by atoms with Crippen molar-refractivity contribution in [2.75, 3.05) is 34.2 Å². The summed E-state index contributed by atoms with van der Waals surface area (Å²) in [5.41, 5.74) is 1.71. The molecule has 0 heterocycles. The average Bonchev–Trinajstić information content (AvgIpc) is 2.48. The molecule has 0 aromatic heterocycles. The molecule has 0 aliphatic heterocycles. The number of hydrogen-bond donors (Lipinski definition) is 2. The molecule has 0 aliphatic rings. The van der Waals surface area contributed by atoms with E-state index >= 15 is 0 Å². The number of nitrogens with one attached hydrogen (secondary N) is 2. The molecule has 2 N–H and O–H groups in total. The highest BCUT2D eigenvalue weighted by atomic mass is 19.3. The molecule has 0 amide bonds. The lowest BCUT2D eigenvalue weighted by atomic mass is 9.93. The molecular weight excluding hydrogens is 326 g/mol. The Morgan fingerprint density at radius 3 is 2.52 bits per heavy atom. The maximum absolute atomic E-state index is 12.5. The predicted molar refractivity (Wildman–Crippen MR) is 98.3 cm³/mol. The van der Waals surface area contributed by atoms with Crippen molar-refractivity contribution in [1.82, 2.24) is 15.5 Å². The minimum atomic E-state index is -2.84. The zero-order chi connectivity index (χ0) is 19.0. The van der Waals surface area contributed by atoms with Crippen LogP contribution in [0.5, 0.6) is 5.75 Å². The summed E-state index contributed by atoms with van der Waals surface area (Å²) in [4.78, 5) is 6.33. The summed E-state index contributed by atoms with van der Waals surface area (Å²) < 4.78 is 29.7. The van der Waals surface area contributed by atoms with Crippen molar-refractivity contribution in [2.24, 2.45) is 10.4 Å². The van der Waals surface area contributed by atoms with Gasteiger partial charge >= 0.3 is 6.61 Å². The third-order valence-electron chi connectivity index (χ3n) is 3.58. The van der Waals surface area contributed by atoms with Crippen LogP contribution >= 0.6 is 0 Å². The number of alkyl halides is 2. The lowest BCUT2D eigenvalue weighted by Crippen LogP contribution is -2.44. The molecule has 25 heavy (non-hydrogen) atoms. The number of guanidine groups is 1. The topological polar surface area (TPSA) is 48.9 Å². The highest BCUT2D eigenvalue weighted by Crippen LogP contribution is 2.22. The summed E-state index contributed by atoms with van der Waals surface area (Å²) in [7, 11) is 5.76. The minimum Gasteiger partial charge on any atom is -0.434 e. The van der Waals surface area contributed by atoms with Gasteiger partial charge in [0.05, 0.1) is 0 Å². The Labute approximate surface area is 149 Å². The van der Waals surface area contributed by atoms with Gasteiger partial charge in [-0.3, -0.25) is 4.99 Å². The van der Waals surface area contributed by atoms with Crippen molar-refractivity contribution >= 4 is 5.96 Å².